The van der Waals surface area contributed by atoms with Crippen LogP contribution in [0.15, 0.2) is 18.2 Å². The molecule has 0 aliphatic carbocycles. The van der Waals surface area contributed by atoms with Crippen molar-refractivity contribution in [1.29, 1.82) is 0 Å². The van der Waals surface area contributed by atoms with Gasteiger partial charge in [0.2, 0.25) is 5.91 Å². The first-order chi connectivity index (χ1) is 10.0. The van der Waals surface area contributed by atoms with E-state index in [1.54, 1.807) is 12.1 Å². The Morgan fingerprint density at radius 3 is 2.62 bits per heavy atom. The second-order valence-electron chi connectivity index (χ2n) is 5.48. The van der Waals surface area contributed by atoms with Crippen molar-refractivity contribution in [3.05, 3.63) is 29.3 Å². The van der Waals surface area contributed by atoms with Crippen molar-refractivity contribution >= 4 is 17.5 Å². The number of likely N-dealkylation sites (tertiary alicyclic amines) is 1. The quantitative estimate of drug-likeness (QED) is 0.829. The summed E-state index contributed by atoms with van der Waals surface area (Å²) in [7, 11) is 0. The van der Waals surface area contributed by atoms with Crippen molar-refractivity contribution in [2.24, 2.45) is 5.92 Å². The number of anilines is 1. The first-order valence-electron chi connectivity index (χ1n) is 7.46. The van der Waals surface area contributed by atoms with Gasteiger partial charge < -0.3 is 16.0 Å². The first-order valence-corrected chi connectivity index (χ1v) is 7.46. The number of hydrogen-bond acceptors (Lipinski definition) is 3. The molecule has 5 nitrogen and oxygen atoms in total. The zero-order chi connectivity index (χ0) is 15.4. The molecule has 0 aromatic heterocycles. The zero-order valence-electron chi connectivity index (χ0n) is 12.7. The van der Waals surface area contributed by atoms with E-state index < -0.39 is 0 Å². The average molecular weight is 289 g/mol. The molecular formula is C16H23N3O2. The predicted octanol–water partition coefficient (Wildman–Crippen LogP) is 1.57. The molecule has 0 saturated carbocycles. The van der Waals surface area contributed by atoms with Gasteiger partial charge in [-0.1, -0.05) is 6.07 Å². The molecule has 1 aromatic carbocycles. The molecule has 1 aromatic rings. The van der Waals surface area contributed by atoms with E-state index in [0.29, 0.717) is 30.9 Å². The van der Waals surface area contributed by atoms with Crippen LogP contribution in [-0.4, -0.2) is 36.3 Å². The summed E-state index contributed by atoms with van der Waals surface area (Å²) < 4.78 is 0. The lowest BCUT2D eigenvalue weighted by Crippen LogP contribution is -2.43. The van der Waals surface area contributed by atoms with Crippen LogP contribution in [0.25, 0.3) is 0 Å². The molecule has 2 amide bonds. The molecule has 0 unspecified atom stereocenters. The third kappa shape index (κ3) is 3.35. The number of hydrogen-bond donors (Lipinski definition) is 2. The summed E-state index contributed by atoms with van der Waals surface area (Å²) in [5.41, 5.74) is 7.98. The Kier molecular flexibility index (Phi) is 4.83. The van der Waals surface area contributed by atoms with Gasteiger partial charge in [0.05, 0.1) is 0 Å². The van der Waals surface area contributed by atoms with Crippen LogP contribution in [0.1, 0.15) is 35.7 Å². The van der Waals surface area contributed by atoms with Crippen molar-refractivity contribution in [1.82, 2.24) is 10.2 Å². The molecule has 5 heteroatoms. The highest BCUT2D eigenvalue weighted by atomic mass is 16.2. The van der Waals surface area contributed by atoms with Gasteiger partial charge in [0.1, 0.15) is 0 Å². The maximum Gasteiger partial charge on any atom is 0.254 e. The highest BCUT2D eigenvalue weighted by molar-refractivity contribution is 5.97. The Hall–Kier alpha value is -2.04. The smallest absolute Gasteiger partial charge is 0.254 e. The van der Waals surface area contributed by atoms with Crippen LogP contribution in [0.2, 0.25) is 0 Å². The van der Waals surface area contributed by atoms with Crippen molar-refractivity contribution in [3.8, 4) is 0 Å². The number of carbonyl (C=O) groups excluding carboxylic acids is 2. The number of rotatable bonds is 3. The van der Waals surface area contributed by atoms with Crippen molar-refractivity contribution in [3.63, 3.8) is 0 Å². The van der Waals surface area contributed by atoms with Crippen LogP contribution in [-0.2, 0) is 4.79 Å². The molecule has 3 N–H and O–H groups in total. The number of carbonyl (C=O) groups is 2. The van der Waals surface area contributed by atoms with E-state index in [4.69, 9.17) is 5.73 Å². The van der Waals surface area contributed by atoms with Gasteiger partial charge >= 0.3 is 0 Å². The SMILES string of the molecule is CCNC(=O)C1CCN(C(=O)c2cccc(N)c2C)CC1. The third-order valence-electron chi connectivity index (χ3n) is 4.11. The van der Waals surface area contributed by atoms with Crippen LogP contribution < -0.4 is 11.1 Å². The number of amides is 2. The number of nitrogens with two attached hydrogens (primary N) is 1. The number of benzene rings is 1. The molecule has 0 radical (unpaired) electrons. The minimum absolute atomic E-state index is 0.00847. The normalized spacial score (nSPS) is 15.8. The fraction of sp³-hybridized carbons (Fsp3) is 0.500. The number of nitrogen functional groups attached to an aromatic ring is 1. The van der Waals surface area contributed by atoms with Gasteiger partial charge in [-0.25, -0.2) is 0 Å². The third-order valence-corrected chi connectivity index (χ3v) is 4.11. The standard InChI is InChI=1S/C16H23N3O2/c1-3-18-15(20)12-7-9-19(10-8-12)16(21)13-5-4-6-14(17)11(13)2/h4-6,12H,3,7-10,17H2,1-2H3,(H,18,20). The van der Waals surface area contributed by atoms with E-state index in [9.17, 15) is 9.59 Å². The lowest BCUT2D eigenvalue weighted by molar-refractivity contribution is -0.126. The van der Waals surface area contributed by atoms with Gasteiger partial charge in [0, 0.05) is 36.8 Å². The molecule has 1 heterocycles. The van der Waals surface area contributed by atoms with Gasteiger partial charge in [-0.2, -0.15) is 0 Å². The lowest BCUT2D eigenvalue weighted by Gasteiger charge is -2.31. The summed E-state index contributed by atoms with van der Waals surface area (Å²) in [5.74, 6) is 0.134. The predicted molar refractivity (Wildman–Crippen MR) is 82.9 cm³/mol. The Morgan fingerprint density at radius 1 is 1.33 bits per heavy atom. The molecule has 1 fully saturated rings. The van der Waals surface area contributed by atoms with Crippen LogP contribution >= 0.6 is 0 Å². The van der Waals surface area contributed by atoms with Gasteiger partial charge in [-0.05, 0) is 44.4 Å². The van der Waals surface area contributed by atoms with Crippen LogP contribution in [0.3, 0.4) is 0 Å². The van der Waals surface area contributed by atoms with Crippen LogP contribution in [0.5, 0.6) is 0 Å². The fourth-order valence-corrected chi connectivity index (χ4v) is 2.72. The Morgan fingerprint density at radius 2 is 2.00 bits per heavy atom. The van der Waals surface area contributed by atoms with Crippen molar-refractivity contribution < 1.29 is 9.59 Å². The molecule has 1 saturated heterocycles. The molecular weight excluding hydrogens is 266 g/mol. The zero-order valence-corrected chi connectivity index (χ0v) is 12.7. The molecule has 0 bridgehead atoms. The average Bonchev–Trinajstić information content (AvgIpc) is 2.50. The summed E-state index contributed by atoms with van der Waals surface area (Å²) in [5, 5.41) is 2.85. The van der Waals surface area contributed by atoms with Crippen LogP contribution in [0.4, 0.5) is 5.69 Å². The van der Waals surface area contributed by atoms with E-state index >= 15 is 0 Å². The summed E-state index contributed by atoms with van der Waals surface area (Å²) in [4.78, 5) is 26.2. The Labute approximate surface area is 125 Å². The summed E-state index contributed by atoms with van der Waals surface area (Å²) in [6.07, 6.45) is 1.44. The fourth-order valence-electron chi connectivity index (χ4n) is 2.72. The number of nitrogens with one attached hydrogen (secondary N) is 1. The molecule has 114 valence electrons. The first kappa shape index (κ1) is 15.4. The number of nitrogens with zero attached hydrogens (tertiary/aromatic N) is 1. The van der Waals surface area contributed by atoms with Crippen LogP contribution in [0, 0.1) is 12.8 Å². The molecule has 1 aliphatic rings. The van der Waals surface area contributed by atoms with Gasteiger partial charge in [-0.15, -0.1) is 0 Å². The maximum absolute atomic E-state index is 12.5. The topological polar surface area (TPSA) is 75.4 Å². The Bertz CT molecular complexity index is 534. The Balaban J connectivity index is 2.00. The summed E-state index contributed by atoms with van der Waals surface area (Å²) >= 11 is 0. The summed E-state index contributed by atoms with van der Waals surface area (Å²) in [6.45, 7) is 5.67. The van der Waals surface area contributed by atoms with E-state index in [-0.39, 0.29) is 17.7 Å². The largest absolute Gasteiger partial charge is 0.398 e. The van der Waals surface area contributed by atoms with Crippen molar-refractivity contribution in [2.45, 2.75) is 26.7 Å². The minimum atomic E-state index is 0.00847. The molecule has 21 heavy (non-hydrogen) atoms. The van der Waals surface area contributed by atoms with E-state index in [1.165, 1.54) is 0 Å². The highest BCUT2D eigenvalue weighted by Gasteiger charge is 2.28. The monoisotopic (exact) mass is 289 g/mol. The van der Waals surface area contributed by atoms with Crippen molar-refractivity contribution in [2.75, 3.05) is 25.4 Å². The molecule has 2 rings (SSSR count). The molecule has 1 aliphatic heterocycles. The minimum Gasteiger partial charge on any atom is -0.398 e. The lowest BCUT2D eigenvalue weighted by atomic mass is 9.95. The van der Waals surface area contributed by atoms with Gasteiger partial charge in [0.15, 0.2) is 0 Å². The van der Waals surface area contributed by atoms with E-state index in [1.807, 2.05) is 24.8 Å². The van der Waals surface area contributed by atoms with Gasteiger partial charge in [0.25, 0.3) is 5.91 Å². The molecule has 0 spiro atoms. The second kappa shape index (κ2) is 6.61. The van der Waals surface area contributed by atoms with E-state index in [0.717, 1.165) is 18.4 Å². The van der Waals surface area contributed by atoms with Gasteiger partial charge in [-0.3, -0.25) is 9.59 Å². The van der Waals surface area contributed by atoms with E-state index in [2.05, 4.69) is 5.32 Å². The number of piperidine rings is 1. The molecule has 0 atom stereocenters. The maximum atomic E-state index is 12.5. The second-order valence-corrected chi connectivity index (χ2v) is 5.48. The summed E-state index contributed by atoms with van der Waals surface area (Å²) in [6, 6.07) is 5.41. The highest BCUT2D eigenvalue weighted by Crippen LogP contribution is 2.22.